The standard InChI is InChI=1S/C23H16N4O5/c1-31-22-18(24-13-28)19(25-14-29)23(32-2)21(20(22)26-15-30)27(16-9-5-3-6-10-16)17-11-7-4-8-12-17/h3-12H,1-2H3. The third kappa shape index (κ3) is 4.07. The molecule has 158 valence electrons. The van der Waals surface area contributed by atoms with Gasteiger partial charge in [0.15, 0.2) is 22.9 Å². The molecular formula is C23H16N4O5. The fourth-order valence-electron chi connectivity index (χ4n) is 3.26. The first-order chi connectivity index (χ1) is 15.7. The number of carbonyl (C=O) groups excluding carboxylic acids is 3. The zero-order valence-corrected chi connectivity index (χ0v) is 17.1. The molecule has 3 aromatic rings. The van der Waals surface area contributed by atoms with Crippen molar-refractivity contribution in [2.45, 2.75) is 0 Å². The van der Waals surface area contributed by atoms with E-state index in [9.17, 15) is 14.4 Å². The lowest BCUT2D eigenvalue weighted by Crippen LogP contribution is -2.12. The Bertz CT molecular complexity index is 1220. The van der Waals surface area contributed by atoms with Crippen LogP contribution in [0.3, 0.4) is 0 Å². The fourth-order valence-corrected chi connectivity index (χ4v) is 3.26. The lowest BCUT2D eigenvalue weighted by molar-refractivity contribution is 0.407. The summed E-state index contributed by atoms with van der Waals surface area (Å²) in [5.41, 5.74) is 1.19. The van der Waals surface area contributed by atoms with Crippen molar-refractivity contribution in [1.29, 1.82) is 0 Å². The second-order valence-electron chi connectivity index (χ2n) is 6.08. The van der Waals surface area contributed by atoms with E-state index in [0.29, 0.717) is 11.4 Å². The molecule has 0 fully saturated rings. The van der Waals surface area contributed by atoms with E-state index in [0.717, 1.165) is 0 Å². The zero-order chi connectivity index (χ0) is 22.9. The Morgan fingerprint density at radius 2 is 1.03 bits per heavy atom. The Kier molecular flexibility index (Phi) is 7.05. The molecule has 0 saturated heterocycles. The smallest absolute Gasteiger partial charge is 0.240 e. The number of isocyanates is 3. The number of aliphatic imine (C=N–C) groups is 3. The van der Waals surface area contributed by atoms with Crippen LogP contribution in [0.2, 0.25) is 0 Å². The molecule has 0 bridgehead atoms. The quantitative estimate of drug-likeness (QED) is 0.366. The minimum Gasteiger partial charge on any atom is -0.492 e. The van der Waals surface area contributed by atoms with Gasteiger partial charge in [0, 0.05) is 11.4 Å². The van der Waals surface area contributed by atoms with Gasteiger partial charge < -0.3 is 14.4 Å². The van der Waals surface area contributed by atoms with Gasteiger partial charge in [-0.05, 0) is 24.3 Å². The van der Waals surface area contributed by atoms with Crippen LogP contribution in [0.5, 0.6) is 11.5 Å². The predicted octanol–water partition coefficient (Wildman–Crippen LogP) is 5.08. The molecule has 0 N–H and O–H groups in total. The molecule has 0 atom stereocenters. The lowest BCUT2D eigenvalue weighted by Gasteiger charge is -2.29. The number of nitrogens with zero attached hydrogens (tertiary/aromatic N) is 4. The second-order valence-corrected chi connectivity index (χ2v) is 6.08. The highest BCUT2D eigenvalue weighted by Crippen LogP contribution is 2.59. The minimum atomic E-state index is -0.193. The predicted molar refractivity (Wildman–Crippen MR) is 118 cm³/mol. The van der Waals surface area contributed by atoms with Crippen LogP contribution in [0.25, 0.3) is 0 Å². The molecule has 9 nitrogen and oxygen atoms in total. The number of hydrogen-bond acceptors (Lipinski definition) is 9. The van der Waals surface area contributed by atoms with E-state index < -0.39 is 0 Å². The highest BCUT2D eigenvalue weighted by Gasteiger charge is 2.31. The van der Waals surface area contributed by atoms with Gasteiger partial charge in [-0.1, -0.05) is 36.4 Å². The average molecular weight is 428 g/mol. The van der Waals surface area contributed by atoms with E-state index in [4.69, 9.17) is 9.47 Å². The lowest BCUT2D eigenvalue weighted by atomic mass is 10.1. The van der Waals surface area contributed by atoms with E-state index in [1.165, 1.54) is 32.5 Å². The largest absolute Gasteiger partial charge is 0.492 e. The summed E-state index contributed by atoms with van der Waals surface area (Å²) < 4.78 is 11.0. The monoisotopic (exact) mass is 428 g/mol. The zero-order valence-electron chi connectivity index (χ0n) is 17.1. The van der Waals surface area contributed by atoms with E-state index in [2.05, 4.69) is 15.0 Å². The number of benzene rings is 3. The summed E-state index contributed by atoms with van der Waals surface area (Å²) >= 11 is 0. The van der Waals surface area contributed by atoms with Crippen molar-refractivity contribution in [2.75, 3.05) is 19.1 Å². The molecule has 0 heterocycles. The number of methoxy groups -OCH3 is 2. The molecule has 9 heteroatoms. The molecule has 3 rings (SSSR count). The Morgan fingerprint density at radius 1 is 0.625 bits per heavy atom. The Balaban J connectivity index is 2.59. The van der Waals surface area contributed by atoms with Crippen LogP contribution in [0.1, 0.15) is 0 Å². The van der Waals surface area contributed by atoms with Crippen LogP contribution < -0.4 is 14.4 Å². The van der Waals surface area contributed by atoms with Crippen LogP contribution >= 0.6 is 0 Å². The number of anilines is 3. The van der Waals surface area contributed by atoms with Crippen molar-refractivity contribution in [1.82, 2.24) is 0 Å². The molecule has 0 saturated carbocycles. The normalized spacial score (nSPS) is 9.56. The van der Waals surface area contributed by atoms with E-state index in [-0.39, 0.29) is 34.2 Å². The molecule has 0 radical (unpaired) electrons. The molecule has 0 spiro atoms. The van der Waals surface area contributed by atoms with Gasteiger partial charge in [-0.25, -0.2) is 14.4 Å². The van der Waals surface area contributed by atoms with Gasteiger partial charge in [0.1, 0.15) is 11.4 Å². The molecule has 0 aliphatic rings. The maximum Gasteiger partial charge on any atom is 0.240 e. The fraction of sp³-hybridized carbons (Fsp3) is 0.0870. The van der Waals surface area contributed by atoms with Crippen molar-refractivity contribution < 1.29 is 23.9 Å². The highest BCUT2D eigenvalue weighted by atomic mass is 16.5. The van der Waals surface area contributed by atoms with Crippen molar-refractivity contribution in [3.05, 3.63) is 60.7 Å². The number of ether oxygens (including phenoxy) is 2. The minimum absolute atomic E-state index is 0.00450. The van der Waals surface area contributed by atoms with Gasteiger partial charge in [-0.2, -0.15) is 15.0 Å². The maximum atomic E-state index is 11.4. The van der Waals surface area contributed by atoms with Crippen molar-refractivity contribution in [2.24, 2.45) is 15.0 Å². The molecule has 0 aliphatic heterocycles. The maximum absolute atomic E-state index is 11.4. The van der Waals surface area contributed by atoms with Gasteiger partial charge in [0.25, 0.3) is 0 Å². The molecule has 0 aliphatic carbocycles. The molecule has 3 aromatic carbocycles. The van der Waals surface area contributed by atoms with E-state index in [1.807, 2.05) is 60.7 Å². The van der Waals surface area contributed by atoms with E-state index >= 15 is 0 Å². The summed E-state index contributed by atoms with van der Waals surface area (Å²) in [4.78, 5) is 46.5. The average Bonchev–Trinajstić information content (AvgIpc) is 2.83. The summed E-state index contributed by atoms with van der Waals surface area (Å²) in [6.45, 7) is 0. The summed E-state index contributed by atoms with van der Waals surface area (Å²) in [7, 11) is 2.63. The third-order valence-corrected chi connectivity index (χ3v) is 4.44. The highest BCUT2D eigenvalue weighted by molar-refractivity contribution is 6.00. The second kappa shape index (κ2) is 10.3. The van der Waals surface area contributed by atoms with Crippen LogP contribution in [0.15, 0.2) is 75.6 Å². The first-order valence-corrected chi connectivity index (χ1v) is 9.17. The van der Waals surface area contributed by atoms with Crippen LogP contribution in [0, 0.1) is 0 Å². The Morgan fingerprint density at radius 3 is 1.44 bits per heavy atom. The number of hydrogen-bond donors (Lipinski definition) is 0. The Hall–Kier alpha value is -4.80. The van der Waals surface area contributed by atoms with Crippen molar-refractivity contribution in [3.63, 3.8) is 0 Å². The molecule has 32 heavy (non-hydrogen) atoms. The van der Waals surface area contributed by atoms with E-state index in [1.54, 1.807) is 4.90 Å². The van der Waals surface area contributed by atoms with Gasteiger partial charge in [0.2, 0.25) is 18.2 Å². The Labute approximate surface area is 183 Å². The van der Waals surface area contributed by atoms with Crippen molar-refractivity contribution in [3.8, 4) is 11.5 Å². The van der Waals surface area contributed by atoms with Crippen LogP contribution in [0.4, 0.5) is 34.1 Å². The summed E-state index contributed by atoms with van der Waals surface area (Å²) in [6, 6.07) is 18.3. The summed E-state index contributed by atoms with van der Waals surface area (Å²) in [5.74, 6) is -0.0942. The summed E-state index contributed by atoms with van der Waals surface area (Å²) in [6.07, 6.45) is 4.31. The number of rotatable bonds is 8. The van der Waals surface area contributed by atoms with Crippen molar-refractivity contribution >= 4 is 52.4 Å². The van der Waals surface area contributed by atoms with Crippen LogP contribution in [-0.2, 0) is 14.4 Å². The van der Waals surface area contributed by atoms with Crippen LogP contribution in [-0.4, -0.2) is 32.5 Å². The first-order valence-electron chi connectivity index (χ1n) is 9.17. The SMILES string of the molecule is COc1c(N=C=O)c(N=C=O)c(OC)c(N(c2ccccc2)c2ccccc2)c1N=C=O. The molecule has 0 amide bonds. The molecule has 0 unspecified atom stereocenters. The third-order valence-electron chi connectivity index (χ3n) is 4.44. The molecular weight excluding hydrogens is 412 g/mol. The number of para-hydroxylation sites is 2. The van der Waals surface area contributed by atoms with Gasteiger partial charge in [0.05, 0.1) is 14.2 Å². The van der Waals surface area contributed by atoms with Gasteiger partial charge >= 0.3 is 0 Å². The first kappa shape index (κ1) is 21.9. The topological polar surface area (TPSA) is 110 Å². The van der Waals surface area contributed by atoms with Gasteiger partial charge in [-0.15, -0.1) is 0 Å². The molecule has 0 aromatic heterocycles. The van der Waals surface area contributed by atoms with Gasteiger partial charge in [-0.3, -0.25) is 0 Å². The summed E-state index contributed by atoms with van der Waals surface area (Å²) in [5, 5.41) is 0.